The van der Waals surface area contributed by atoms with Gasteiger partial charge in [-0.05, 0) is 19.3 Å². The number of aromatic nitrogens is 1. The number of nitrogen functional groups attached to an aromatic ring is 1. The molecular formula is C11H16N2OS. The van der Waals surface area contributed by atoms with Crippen LogP contribution in [0.1, 0.15) is 44.2 Å². The van der Waals surface area contributed by atoms with Gasteiger partial charge >= 0.3 is 0 Å². The van der Waals surface area contributed by atoms with E-state index in [0.29, 0.717) is 10.9 Å². The predicted molar refractivity (Wildman–Crippen MR) is 63.8 cm³/mol. The number of aliphatic hydroxyl groups excluding tert-OH is 1. The first-order valence-electron chi connectivity index (χ1n) is 5.40. The van der Waals surface area contributed by atoms with E-state index in [2.05, 4.69) is 4.98 Å². The molecule has 0 saturated heterocycles. The molecule has 0 fully saturated rings. The van der Waals surface area contributed by atoms with Crippen molar-refractivity contribution in [1.29, 1.82) is 0 Å². The van der Waals surface area contributed by atoms with E-state index in [9.17, 15) is 5.11 Å². The lowest BCUT2D eigenvalue weighted by atomic mass is 9.97. The molecule has 15 heavy (non-hydrogen) atoms. The zero-order chi connectivity index (χ0) is 10.7. The predicted octanol–water partition coefficient (Wildman–Crippen LogP) is 3.35. The third kappa shape index (κ3) is 2.50. The van der Waals surface area contributed by atoms with Crippen LogP contribution in [0.25, 0.3) is 5.57 Å². The number of anilines is 1. The molecule has 1 aromatic heterocycles. The number of nitrogens with two attached hydrogens (primary N) is 1. The second kappa shape index (κ2) is 4.66. The number of thiazole rings is 1. The number of nitrogens with zero attached hydrogens (tertiary/aromatic N) is 1. The first kappa shape index (κ1) is 10.5. The Kier molecular flexibility index (Phi) is 3.26. The standard InChI is InChI=1S/C11H16N2OS/c12-11-13-9(7-15-11)8-5-3-1-2-4-6-10(8)14/h7,14H,1-6H2,(H2,12,13). The Bertz CT molecular complexity index is 370. The van der Waals surface area contributed by atoms with Crippen LogP contribution in [0.4, 0.5) is 5.13 Å². The lowest BCUT2D eigenvalue weighted by Gasteiger charge is -2.12. The zero-order valence-electron chi connectivity index (χ0n) is 8.70. The monoisotopic (exact) mass is 224 g/mol. The van der Waals surface area contributed by atoms with Crippen LogP contribution in [0.2, 0.25) is 0 Å². The van der Waals surface area contributed by atoms with Gasteiger partial charge in [0, 0.05) is 17.4 Å². The summed E-state index contributed by atoms with van der Waals surface area (Å²) in [5, 5.41) is 12.4. The summed E-state index contributed by atoms with van der Waals surface area (Å²) in [7, 11) is 0. The fourth-order valence-electron chi connectivity index (χ4n) is 1.95. The highest BCUT2D eigenvalue weighted by Gasteiger charge is 2.13. The topological polar surface area (TPSA) is 59.1 Å². The minimum atomic E-state index is 0.514. The summed E-state index contributed by atoms with van der Waals surface area (Å²) in [6.45, 7) is 0. The molecule has 1 aliphatic carbocycles. The molecular weight excluding hydrogens is 208 g/mol. The maximum atomic E-state index is 9.94. The molecule has 0 saturated carbocycles. The first-order chi connectivity index (χ1) is 7.27. The lowest BCUT2D eigenvalue weighted by molar-refractivity contribution is 0.376. The lowest BCUT2D eigenvalue weighted by Crippen LogP contribution is -1.97. The average Bonchev–Trinajstić information content (AvgIpc) is 2.59. The Morgan fingerprint density at radius 2 is 1.93 bits per heavy atom. The van der Waals surface area contributed by atoms with Crippen LogP contribution < -0.4 is 5.73 Å². The van der Waals surface area contributed by atoms with Gasteiger partial charge in [-0.25, -0.2) is 4.98 Å². The number of hydrogen-bond acceptors (Lipinski definition) is 4. The van der Waals surface area contributed by atoms with Gasteiger partial charge in [-0.3, -0.25) is 0 Å². The van der Waals surface area contributed by atoms with E-state index in [-0.39, 0.29) is 0 Å². The second-order valence-corrected chi connectivity index (χ2v) is 4.80. The molecule has 2 rings (SSSR count). The van der Waals surface area contributed by atoms with Crippen LogP contribution >= 0.6 is 11.3 Å². The number of aliphatic hydroxyl groups is 1. The van der Waals surface area contributed by atoms with E-state index < -0.39 is 0 Å². The maximum absolute atomic E-state index is 9.94. The molecule has 0 aliphatic heterocycles. The van der Waals surface area contributed by atoms with Crippen LogP contribution in [0.3, 0.4) is 0 Å². The highest BCUT2D eigenvalue weighted by atomic mass is 32.1. The molecule has 1 aliphatic rings. The molecule has 0 spiro atoms. The van der Waals surface area contributed by atoms with Crippen LogP contribution in [0, 0.1) is 0 Å². The Morgan fingerprint density at radius 1 is 1.20 bits per heavy atom. The zero-order valence-corrected chi connectivity index (χ0v) is 9.52. The van der Waals surface area contributed by atoms with Gasteiger partial charge in [0.2, 0.25) is 0 Å². The number of allylic oxidation sites excluding steroid dienone is 2. The van der Waals surface area contributed by atoms with Crippen LogP contribution in [0.15, 0.2) is 11.1 Å². The fourth-order valence-corrected chi connectivity index (χ4v) is 2.52. The molecule has 82 valence electrons. The van der Waals surface area contributed by atoms with Gasteiger partial charge in [-0.1, -0.05) is 12.8 Å². The molecule has 0 amide bonds. The number of hydrogen-bond donors (Lipinski definition) is 2. The van der Waals surface area contributed by atoms with E-state index in [1.807, 2.05) is 5.38 Å². The van der Waals surface area contributed by atoms with Crippen LogP contribution in [0.5, 0.6) is 0 Å². The normalized spacial score (nSPS) is 18.7. The summed E-state index contributed by atoms with van der Waals surface area (Å²) in [5.41, 5.74) is 7.48. The fraction of sp³-hybridized carbons (Fsp3) is 0.545. The Morgan fingerprint density at radius 3 is 2.60 bits per heavy atom. The van der Waals surface area contributed by atoms with Crippen molar-refractivity contribution < 1.29 is 5.11 Å². The third-order valence-corrected chi connectivity index (χ3v) is 3.44. The molecule has 4 heteroatoms. The Hall–Kier alpha value is -1.03. The van der Waals surface area contributed by atoms with Gasteiger partial charge in [0.15, 0.2) is 5.13 Å². The van der Waals surface area contributed by atoms with Crippen molar-refractivity contribution >= 4 is 22.0 Å². The molecule has 0 unspecified atom stereocenters. The van der Waals surface area contributed by atoms with Gasteiger partial charge in [0.1, 0.15) is 0 Å². The summed E-state index contributed by atoms with van der Waals surface area (Å²) in [6.07, 6.45) is 6.39. The van der Waals surface area contributed by atoms with Crippen molar-refractivity contribution in [3.8, 4) is 0 Å². The van der Waals surface area contributed by atoms with E-state index in [1.165, 1.54) is 24.2 Å². The minimum absolute atomic E-state index is 0.514. The largest absolute Gasteiger partial charge is 0.512 e. The molecule has 3 N–H and O–H groups in total. The van der Waals surface area contributed by atoms with E-state index in [4.69, 9.17) is 5.73 Å². The van der Waals surface area contributed by atoms with E-state index in [0.717, 1.165) is 37.0 Å². The molecule has 0 bridgehead atoms. The second-order valence-electron chi connectivity index (χ2n) is 3.91. The summed E-state index contributed by atoms with van der Waals surface area (Å²) in [6, 6.07) is 0. The first-order valence-corrected chi connectivity index (χ1v) is 6.27. The van der Waals surface area contributed by atoms with Crippen molar-refractivity contribution in [1.82, 2.24) is 4.98 Å². The van der Waals surface area contributed by atoms with Gasteiger partial charge in [0.05, 0.1) is 11.5 Å². The highest BCUT2D eigenvalue weighted by molar-refractivity contribution is 7.13. The molecule has 1 aromatic rings. The van der Waals surface area contributed by atoms with Gasteiger partial charge in [-0.15, -0.1) is 11.3 Å². The summed E-state index contributed by atoms with van der Waals surface area (Å²) >= 11 is 1.43. The smallest absolute Gasteiger partial charge is 0.180 e. The van der Waals surface area contributed by atoms with Crippen LogP contribution in [-0.4, -0.2) is 10.1 Å². The third-order valence-electron chi connectivity index (χ3n) is 2.77. The summed E-state index contributed by atoms with van der Waals surface area (Å²) < 4.78 is 0. The average molecular weight is 224 g/mol. The minimum Gasteiger partial charge on any atom is -0.512 e. The molecule has 1 heterocycles. The van der Waals surface area contributed by atoms with Crippen molar-refractivity contribution in [2.24, 2.45) is 0 Å². The molecule has 0 radical (unpaired) electrons. The summed E-state index contributed by atoms with van der Waals surface area (Å²) in [5.74, 6) is 0.514. The van der Waals surface area contributed by atoms with Crippen LogP contribution in [-0.2, 0) is 0 Å². The van der Waals surface area contributed by atoms with Crippen molar-refractivity contribution in [3.05, 3.63) is 16.8 Å². The van der Waals surface area contributed by atoms with Crippen molar-refractivity contribution in [2.75, 3.05) is 5.73 Å². The molecule has 0 atom stereocenters. The quantitative estimate of drug-likeness (QED) is 0.769. The van der Waals surface area contributed by atoms with Gasteiger partial charge in [0.25, 0.3) is 0 Å². The van der Waals surface area contributed by atoms with Gasteiger partial charge in [-0.2, -0.15) is 0 Å². The molecule has 3 nitrogen and oxygen atoms in total. The van der Waals surface area contributed by atoms with Gasteiger partial charge < -0.3 is 10.8 Å². The van der Waals surface area contributed by atoms with E-state index in [1.54, 1.807) is 0 Å². The summed E-state index contributed by atoms with van der Waals surface area (Å²) in [4.78, 5) is 4.24. The SMILES string of the molecule is Nc1nc(C2=C(O)CCCCCC2)cs1. The van der Waals surface area contributed by atoms with E-state index >= 15 is 0 Å². The Labute approximate surface area is 93.6 Å². The number of rotatable bonds is 1. The highest BCUT2D eigenvalue weighted by Crippen LogP contribution is 2.30. The molecule has 0 aromatic carbocycles. The Balaban J connectivity index is 2.26. The maximum Gasteiger partial charge on any atom is 0.180 e. The van der Waals surface area contributed by atoms with Crippen molar-refractivity contribution in [2.45, 2.75) is 38.5 Å². The van der Waals surface area contributed by atoms with Crippen molar-refractivity contribution in [3.63, 3.8) is 0 Å².